The van der Waals surface area contributed by atoms with Crippen molar-refractivity contribution in [3.63, 3.8) is 0 Å². The molecule has 5 nitrogen and oxygen atoms in total. The Labute approximate surface area is 107 Å². The normalized spacial score (nSPS) is 30.5. The molecule has 0 spiro atoms. The molecule has 0 aromatic carbocycles. The summed E-state index contributed by atoms with van der Waals surface area (Å²) in [6, 6.07) is 0. The van der Waals surface area contributed by atoms with Gasteiger partial charge in [-0.3, -0.25) is 4.79 Å². The van der Waals surface area contributed by atoms with E-state index >= 15 is 0 Å². The fourth-order valence-electron chi connectivity index (χ4n) is 3.07. The molecule has 1 amide bonds. The average Bonchev–Trinajstić information content (AvgIpc) is 2.27. The van der Waals surface area contributed by atoms with Crippen LogP contribution in [0.3, 0.4) is 0 Å². The van der Waals surface area contributed by atoms with Gasteiger partial charge in [0.15, 0.2) is 0 Å². The number of amides is 1. The molecule has 100 valence electrons. The molecule has 2 rings (SSSR count). The largest absolute Gasteiger partial charge is 0.462 e. The zero-order chi connectivity index (χ0) is 13.1. The summed E-state index contributed by atoms with van der Waals surface area (Å²) >= 11 is 0. The fraction of sp³-hybridized carbons (Fsp3) is 0.692. The number of ether oxygens (including phenoxy) is 2. The summed E-state index contributed by atoms with van der Waals surface area (Å²) in [7, 11) is 0. The first-order chi connectivity index (χ1) is 8.61. The molecule has 0 N–H and O–H groups in total. The van der Waals surface area contributed by atoms with Gasteiger partial charge < -0.3 is 14.4 Å². The van der Waals surface area contributed by atoms with Gasteiger partial charge in [-0.1, -0.05) is 13.0 Å². The Balaban J connectivity index is 2.03. The van der Waals surface area contributed by atoms with Gasteiger partial charge >= 0.3 is 12.1 Å². The van der Waals surface area contributed by atoms with E-state index in [0.717, 1.165) is 25.5 Å². The first-order valence-corrected chi connectivity index (χ1v) is 6.35. The zero-order valence-corrected chi connectivity index (χ0v) is 10.6. The number of hydrogen-bond acceptors (Lipinski definition) is 4. The quantitative estimate of drug-likeness (QED) is 0.557. The number of carbonyl (C=O) groups excluding carboxylic acids is 2. The predicted molar refractivity (Wildman–Crippen MR) is 64.6 cm³/mol. The van der Waals surface area contributed by atoms with Crippen molar-refractivity contribution in [2.45, 2.75) is 32.3 Å². The number of fused-ring (bicyclic) bond motifs is 2. The van der Waals surface area contributed by atoms with Gasteiger partial charge in [0.25, 0.3) is 0 Å². The molecule has 2 fully saturated rings. The summed E-state index contributed by atoms with van der Waals surface area (Å²) < 4.78 is 10.2. The maximum atomic E-state index is 11.7. The highest BCUT2D eigenvalue weighted by Crippen LogP contribution is 2.37. The molecular formula is C13H19NO4. The lowest BCUT2D eigenvalue weighted by Crippen LogP contribution is -2.54. The minimum Gasteiger partial charge on any atom is -0.462 e. The van der Waals surface area contributed by atoms with Crippen molar-refractivity contribution in [1.82, 2.24) is 4.90 Å². The maximum absolute atomic E-state index is 11.7. The molecule has 2 bridgehead atoms. The molecule has 18 heavy (non-hydrogen) atoms. The molecule has 1 heterocycles. The second-order valence-electron chi connectivity index (χ2n) is 4.98. The topological polar surface area (TPSA) is 55.8 Å². The van der Waals surface area contributed by atoms with Crippen LogP contribution in [0.4, 0.5) is 4.79 Å². The van der Waals surface area contributed by atoms with Gasteiger partial charge in [-0.05, 0) is 12.8 Å². The van der Waals surface area contributed by atoms with E-state index in [1.54, 1.807) is 4.90 Å². The van der Waals surface area contributed by atoms with Gasteiger partial charge in [0.2, 0.25) is 0 Å². The monoisotopic (exact) mass is 253 g/mol. The summed E-state index contributed by atoms with van der Waals surface area (Å²) in [5.41, 5.74) is 0. The SMILES string of the molecule is C=COC(=O)N1C[C@H]2CCC[C@@H](C1)C2OC(C)=O. The van der Waals surface area contributed by atoms with Crippen molar-refractivity contribution in [2.75, 3.05) is 13.1 Å². The van der Waals surface area contributed by atoms with Crippen LogP contribution in [0.15, 0.2) is 12.8 Å². The molecule has 0 radical (unpaired) electrons. The van der Waals surface area contributed by atoms with Crippen molar-refractivity contribution in [3.8, 4) is 0 Å². The van der Waals surface area contributed by atoms with Crippen LogP contribution in [0.1, 0.15) is 26.2 Å². The van der Waals surface area contributed by atoms with E-state index in [1.165, 1.54) is 6.92 Å². The first kappa shape index (κ1) is 12.9. The molecule has 0 aromatic rings. The predicted octanol–water partition coefficient (Wildman–Crippen LogP) is 1.93. The molecular weight excluding hydrogens is 234 g/mol. The van der Waals surface area contributed by atoms with Crippen molar-refractivity contribution >= 4 is 12.1 Å². The second kappa shape index (κ2) is 5.42. The summed E-state index contributed by atoms with van der Waals surface area (Å²) in [6.45, 7) is 6.02. The van der Waals surface area contributed by atoms with Crippen molar-refractivity contribution in [1.29, 1.82) is 0 Å². The molecule has 1 saturated carbocycles. The Morgan fingerprint density at radius 1 is 1.28 bits per heavy atom. The van der Waals surface area contributed by atoms with Crippen LogP contribution in [0, 0.1) is 11.8 Å². The zero-order valence-electron chi connectivity index (χ0n) is 10.6. The molecule has 5 heteroatoms. The van der Waals surface area contributed by atoms with E-state index in [-0.39, 0.29) is 30.0 Å². The third-order valence-corrected chi connectivity index (χ3v) is 3.73. The van der Waals surface area contributed by atoms with Gasteiger partial charge in [0, 0.05) is 31.8 Å². The van der Waals surface area contributed by atoms with Crippen LogP contribution in [-0.4, -0.2) is 36.2 Å². The van der Waals surface area contributed by atoms with Gasteiger partial charge in [0.05, 0.1) is 6.26 Å². The van der Waals surface area contributed by atoms with E-state index in [9.17, 15) is 9.59 Å². The molecule has 1 aliphatic carbocycles. The number of likely N-dealkylation sites (tertiary alicyclic amines) is 1. The first-order valence-electron chi connectivity index (χ1n) is 6.35. The third-order valence-electron chi connectivity index (χ3n) is 3.73. The van der Waals surface area contributed by atoms with E-state index < -0.39 is 0 Å². The van der Waals surface area contributed by atoms with Crippen LogP contribution in [-0.2, 0) is 14.3 Å². The fourth-order valence-corrected chi connectivity index (χ4v) is 3.07. The lowest BCUT2D eigenvalue weighted by atomic mass is 9.75. The van der Waals surface area contributed by atoms with Gasteiger partial charge in [-0.2, -0.15) is 0 Å². The standard InChI is InChI=1S/C13H19NO4/c1-3-17-13(16)14-7-10-5-4-6-11(8-14)12(10)18-9(2)15/h3,10-12H,1,4-8H2,2H3/t10-,11+,12?. The summed E-state index contributed by atoms with van der Waals surface area (Å²) in [5.74, 6) is 0.233. The third kappa shape index (κ3) is 2.66. The minimum absolute atomic E-state index is 0.0379. The van der Waals surface area contributed by atoms with Gasteiger partial charge in [-0.25, -0.2) is 4.79 Å². The number of rotatable bonds is 2. The Kier molecular flexibility index (Phi) is 3.89. The number of esters is 1. The summed E-state index contributed by atoms with van der Waals surface area (Å²) in [4.78, 5) is 24.5. The van der Waals surface area contributed by atoms with E-state index in [2.05, 4.69) is 6.58 Å². The number of carbonyl (C=O) groups is 2. The smallest absolute Gasteiger partial charge is 0.414 e. The second-order valence-corrected chi connectivity index (χ2v) is 4.98. The van der Waals surface area contributed by atoms with Gasteiger partial charge in [-0.15, -0.1) is 0 Å². The maximum Gasteiger partial charge on any atom is 0.414 e. The number of hydrogen-bond donors (Lipinski definition) is 0. The van der Waals surface area contributed by atoms with E-state index in [0.29, 0.717) is 13.1 Å². The lowest BCUT2D eigenvalue weighted by molar-refractivity contribution is -0.159. The Hall–Kier alpha value is -1.52. The summed E-state index contributed by atoms with van der Waals surface area (Å²) in [6.07, 6.45) is 3.87. The number of piperidine rings is 1. The molecule has 1 unspecified atom stereocenters. The number of nitrogens with zero attached hydrogens (tertiary/aromatic N) is 1. The Morgan fingerprint density at radius 2 is 1.89 bits per heavy atom. The van der Waals surface area contributed by atoms with Crippen molar-refractivity contribution in [2.24, 2.45) is 11.8 Å². The summed E-state index contributed by atoms with van der Waals surface area (Å²) in [5, 5.41) is 0. The van der Waals surface area contributed by atoms with Crippen LogP contribution in [0.2, 0.25) is 0 Å². The Bertz CT molecular complexity index is 341. The minimum atomic E-state index is -0.358. The highest BCUT2D eigenvalue weighted by atomic mass is 16.6. The average molecular weight is 253 g/mol. The van der Waals surface area contributed by atoms with Crippen LogP contribution < -0.4 is 0 Å². The van der Waals surface area contributed by atoms with E-state index in [1.807, 2.05) is 0 Å². The van der Waals surface area contributed by atoms with Crippen LogP contribution in [0.5, 0.6) is 0 Å². The molecule has 2 aliphatic rings. The van der Waals surface area contributed by atoms with Crippen LogP contribution in [0.25, 0.3) is 0 Å². The highest BCUT2D eigenvalue weighted by Gasteiger charge is 2.43. The Morgan fingerprint density at radius 3 is 2.39 bits per heavy atom. The lowest BCUT2D eigenvalue weighted by Gasteiger charge is -2.45. The van der Waals surface area contributed by atoms with Crippen molar-refractivity contribution < 1.29 is 19.1 Å². The van der Waals surface area contributed by atoms with Crippen molar-refractivity contribution in [3.05, 3.63) is 12.8 Å². The molecule has 1 saturated heterocycles. The molecule has 3 atom stereocenters. The highest BCUT2D eigenvalue weighted by molar-refractivity contribution is 5.69. The molecule has 1 aliphatic heterocycles. The van der Waals surface area contributed by atoms with E-state index in [4.69, 9.17) is 9.47 Å². The van der Waals surface area contributed by atoms with Gasteiger partial charge in [0.1, 0.15) is 6.10 Å². The molecule has 0 aromatic heterocycles. The van der Waals surface area contributed by atoms with Crippen LogP contribution >= 0.6 is 0 Å².